The molecule has 1 N–H and O–H groups in total. The third kappa shape index (κ3) is 3.80. The van der Waals surface area contributed by atoms with Crippen LogP contribution in [-0.4, -0.2) is 0 Å². The molecule has 3 aromatic rings. The lowest BCUT2D eigenvalue weighted by molar-refractivity contribution is 0.802. The van der Waals surface area contributed by atoms with Gasteiger partial charge in [-0.3, -0.25) is 0 Å². The molecule has 1 nitrogen and oxygen atoms in total. The fourth-order valence-electron chi connectivity index (χ4n) is 2.14. The van der Waals surface area contributed by atoms with Crippen molar-refractivity contribution in [1.29, 1.82) is 0 Å². The molecular formula is C16H13Cl2NS2. The van der Waals surface area contributed by atoms with Gasteiger partial charge in [-0.1, -0.05) is 35.3 Å². The van der Waals surface area contributed by atoms with Crippen LogP contribution >= 0.6 is 45.9 Å². The van der Waals surface area contributed by atoms with Gasteiger partial charge in [0.2, 0.25) is 0 Å². The van der Waals surface area contributed by atoms with Crippen LogP contribution in [-0.2, 0) is 6.42 Å². The minimum Gasteiger partial charge on any atom is -0.376 e. The van der Waals surface area contributed by atoms with Crippen molar-refractivity contribution in [2.75, 3.05) is 5.32 Å². The average Bonchev–Trinajstić information content (AvgIpc) is 3.13. The first kappa shape index (κ1) is 14.9. The molecule has 0 saturated heterocycles. The highest BCUT2D eigenvalue weighted by molar-refractivity contribution is 7.10. The standard InChI is InChI=1S/C16H13Cl2NS2/c17-11-5-6-14(13(18)9-11)19-15(16-4-2-8-21-16)10-12-3-1-7-20-12/h1-9,15,19H,10H2. The van der Waals surface area contributed by atoms with Crippen LogP contribution in [0.1, 0.15) is 15.8 Å². The molecular weight excluding hydrogens is 341 g/mol. The number of thiophene rings is 2. The van der Waals surface area contributed by atoms with Crippen LogP contribution in [0.15, 0.2) is 53.2 Å². The minimum absolute atomic E-state index is 0.210. The number of anilines is 1. The summed E-state index contributed by atoms with van der Waals surface area (Å²) >= 11 is 15.8. The van der Waals surface area contributed by atoms with Gasteiger partial charge in [0, 0.05) is 21.2 Å². The van der Waals surface area contributed by atoms with Crippen LogP contribution in [0.2, 0.25) is 10.0 Å². The van der Waals surface area contributed by atoms with E-state index in [1.54, 1.807) is 28.7 Å². The van der Waals surface area contributed by atoms with E-state index < -0.39 is 0 Å². The van der Waals surface area contributed by atoms with E-state index in [1.807, 2.05) is 12.1 Å². The van der Waals surface area contributed by atoms with Gasteiger partial charge in [0.25, 0.3) is 0 Å². The maximum Gasteiger partial charge on any atom is 0.0655 e. The van der Waals surface area contributed by atoms with E-state index in [0.717, 1.165) is 12.1 Å². The first-order valence-corrected chi connectivity index (χ1v) is 9.01. The Morgan fingerprint density at radius 3 is 2.48 bits per heavy atom. The second kappa shape index (κ2) is 6.84. The molecule has 1 aromatic carbocycles. The smallest absolute Gasteiger partial charge is 0.0655 e. The highest BCUT2D eigenvalue weighted by Crippen LogP contribution is 2.32. The van der Waals surface area contributed by atoms with E-state index in [0.29, 0.717) is 10.0 Å². The number of halogens is 2. The van der Waals surface area contributed by atoms with E-state index in [4.69, 9.17) is 23.2 Å². The lowest BCUT2D eigenvalue weighted by Crippen LogP contribution is -2.12. The molecule has 0 spiro atoms. The Bertz CT molecular complexity index is 693. The Kier molecular flexibility index (Phi) is 4.86. The summed E-state index contributed by atoms with van der Waals surface area (Å²) in [5, 5.41) is 9.05. The predicted molar refractivity (Wildman–Crippen MR) is 95.2 cm³/mol. The molecule has 2 aromatic heterocycles. The van der Waals surface area contributed by atoms with E-state index >= 15 is 0 Å². The molecule has 5 heteroatoms. The number of hydrogen-bond donors (Lipinski definition) is 1. The van der Waals surface area contributed by atoms with Crippen molar-refractivity contribution in [3.8, 4) is 0 Å². The fourth-order valence-corrected chi connectivity index (χ4v) is 4.13. The molecule has 21 heavy (non-hydrogen) atoms. The minimum atomic E-state index is 0.210. The van der Waals surface area contributed by atoms with Gasteiger partial charge in [-0.15, -0.1) is 22.7 Å². The largest absolute Gasteiger partial charge is 0.376 e. The van der Waals surface area contributed by atoms with Gasteiger partial charge in [0.15, 0.2) is 0 Å². The zero-order valence-corrected chi connectivity index (χ0v) is 14.2. The molecule has 1 unspecified atom stereocenters. The summed E-state index contributed by atoms with van der Waals surface area (Å²) < 4.78 is 0. The highest BCUT2D eigenvalue weighted by atomic mass is 35.5. The maximum atomic E-state index is 6.28. The Labute approximate surface area is 142 Å². The number of benzene rings is 1. The van der Waals surface area contributed by atoms with Crippen molar-refractivity contribution in [1.82, 2.24) is 0 Å². The summed E-state index contributed by atoms with van der Waals surface area (Å²) in [6, 6.07) is 14.2. The molecule has 0 aliphatic heterocycles. The second-order valence-corrected chi connectivity index (χ2v) is 7.48. The molecule has 108 valence electrons. The Morgan fingerprint density at radius 2 is 1.81 bits per heavy atom. The molecule has 0 aliphatic rings. The molecule has 0 amide bonds. The van der Waals surface area contributed by atoms with Gasteiger partial charge >= 0.3 is 0 Å². The molecule has 3 rings (SSSR count). The van der Waals surface area contributed by atoms with E-state index in [-0.39, 0.29) is 6.04 Å². The summed E-state index contributed by atoms with van der Waals surface area (Å²) in [5.74, 6) is 0. The molecule has 0 bridgehead atoms. The molecule has 0 radical (unpaired) electrons. The van der Waals surface area contributed by atoms with Crippen molar-refractivity contribution in [2.45, 2.75) is 12.5 Å². The number of nitrogens with one attached hydrogen (secondary N) is 1. The van der Waals surface area contributed by atoms with Crippen molar-refractivity contribution >= 4 is 51.6 Å². The van der Waals surface area contributed by atoms with Crippen LogP contribution in [0.3, 0.4) is 0 Å². The van der Waals surface area contributed by atoms with Crippen LogP contribution in [0.4, 0.5) is 5.69 Å². The second-order valence-electron chi connectivity index (χ2n) is 4.62. The normalized spacial score (nSPS) is 12.3. The Balaban J connectivity index is 1.85. The first-order valence-electron chi connectivity index (χ1n) is 6.50. The lowest BCUT2D eigenvalue weighted by atomic mass is 10.1. The van der Waals surface area contributed by atoms with Crippen LogP contribution in [0, 0.1) is 0 Å². The fraction of sp³-hybridized carbons (Fsp3) is 0.125. The van der Waals surface area contributed by atoms with Gasteiger partial charge in [-0.25, -0.2) is 0 Å². The zero-order chi connectivity index (χ0) is 14.7. The van der Waals surface area contributed by atoms with Crippen molar-refractivity contribution in [3.63, 3.8) is 0 Å². The SMILES string of the molecule is Clc1ccc(NC(Cc2cccs2)c2cccs2)c(Cl)c1. The summed E-state index contributed by atoms with van der Waals surface area (Å²) in [7, 11) is 0. The van der Waals surface area contributed by atoms with Gasteiger partial charge < -0.3 is 5.32 Å². The molecule has 0 fully saturated rings. The maximum absolute atomic E-state index is 6.28. The monoisotopic (exact) mass is 353 g/mol. The molecule has 2 heterocycles. The average molecular weight is 354 g/mol. The summed E-state index contributed by atoms with van der Waals surface area (Å²) in [6.45, 7) is 0. The van der Waals surface area contributed by atoms with E-state index in [9.17, 15) is 0 Å². The third-order valence-electron chi connectivity index (χ3n) is 3.13. The summed E-state index contributed by atoms with van der Waals surface area (Å²) in [5.41, 5.74) is 0.913. The first-order chi connectivity index (χ1) is 10.2. The quantitative estimate of drug-likeness (QED) is 0.550. The van der Waals surface area contributed by atoms with Gasteiger partial charge in [-0.05, 0) is 41.1 Å². The van der Waals surface area contributed by atoms with Crippen LogP contribution < -0.4 is 5.32 Å². The summed E-state index contributed by atoms with van der Waals surface area (Å²) in [6.07, 6.45) is 0.942. The topological polar surface area (TPSA) is 12.0 Å². The lowest BCUT2D eigenvalue weighted by Gasteiger charge is -2.19. The number of rotatable bonds is 5. The Hall–Kier alpha value is -1.00. The zero-order valence-electron chi connectivity index (χ0n) is 11.1. The van der Waals surface area contributed by atoms with E-state index in [1.165, 1.54) is 9.75 Å². The van der Waals surface area contributed by atoms with Gasteiger partial charge in [0.1, 0.15) is 0 Å². The molecule has 0 saturated carbocycles. The molecule has 1 atom stereocenters. The van der Waals surface area contributed by atoms with Crippen LogP contribution in [0.25, 0.3) is 0 Å². The van der Waals surface area contributed by atoms with Gasteiger partial charge in [0.05, 0.1) is 16.8 Å². The van der Waals surface area contributed by atoms with Crippen molar-refractivity contribution < 1.29 is 0 Å². The van der Waals surface area contributed by atoms with Gasteiger partial charge in [-0.2, -0.15) is 0 Å². The predicted octanol–water partition coefficient (Wildman–Crippen LogP) is 6.51. The molecule has 0 aliphatic carbocycles. The third-order valence-corrected chi connectivity index (χ3v) is 5.57. The van der Waals surface area contributed by atoms with Crippen molar-refractivity contribution in [3.05, 3.63) is 73.0 Å². The van der Waals surface area contributed by atoms with Crippen LogP contribution in [0.5, 0.6) is 0 Å². The Morgan fingerprint density at radius 1 is 1.00 bits per heavy atom. The van der Waals surface area contributed by atoms with Crippen molar-refractivity contribution in [2.24, 2.45) is 0 Å². The van der Waals surface area contributed by atoms with E-state index in [2.05, 4.69) is 40.3 Å². The number of hydrogen-bond acceptors (Lipinski definition) is 3. The highest BCUT2D eigenvalue weighted by Gasteiger charge is 2.15. The summed E-state index contributed by atoms with van der Waals surface area (Å²) in [4.78, 5) is 2.65.